The van der Waals surface area contributed by atoms with Gasteiger partial charge in [-0.15, -0.1) is 0 Å². The van der Waals surface area contributed by atoms with Crippen LogP contribution >= 0.6 is 0 Å². The van der Waals surface area contributed by atoms with E-state index < -0.39 is 0 Å². The van der Waals surface area contributed by atoms with Crippen LogP contribution in [0.2, 0.25) is 0 Å². The number of hydrogen-bond donors (Lipinski definition) is 3. The van der Waals surface area contributed by atoms with Gasteiger partial charge >= 0.3 is 6.03 Å². The third-order valence-electron chi connectivity index (χ3n) is 2.80. The molecule has 0 unspecified atom stereocenters. The van der Waals surface area contributed by atoms with Crippen LogP contribution in [0.25, 0.3) is 0 Å². The number of rotatable bonds is 5. The van der Waals surface area contributed by atoms with Gasteiger partial charge in [-0.1, -0.05) is 24.3 Å². The lowest BCUT2D eigenvalue weighted by Gasteiger charge is -2.10. The van der Waals surface area contributed by atoms with Gasteiger partial charge in [0.2, 0.25) is 0 Å². The van der Waals surface area contributed by atoms with Gasteiger partial charge in [-0.2, -0.15) is 0 Å². The van der Waals surface area contributed by atoms with E-state index in [2.05, 4.69) is 10.6 Å². The van der Waals surface area contributed by atoms with E-state index in [1.54, 1.807) is 18.2 Å². The molecule has 2 rings (SSSR count). The molecule has 2 aromatic rings. The highest BCUT2D eigenvalue weighted by molar-refractivity contribution is 5.90. The van der Waals surface area contributed by atoms with Crippen LogP contribution in [0.1, 0.15) is 5.56 Å². The summed E-state index contributed by atoms with van der Waals surface area (Å²) in [5, 5.41) is 14.9. The van der Waals surface area contributed by atoms with E-state index in [-0.39, 0.29) is 11.8 Å². The summed E-state index contributed by atoms with van der Waals surface area (Å²) < 4.78 is 5.46. The second-order valence-corrected chi connectivity index (χ2v) is 4.56. The largest absolute Gasteiger partial charge is 0.506 e. The molecule has 0 heterocycles. The van der Waals surface area contributed by atoms with Gasteiger partial charge in [0.05, 0.1) is 12.2 Å². The van der Waals surface area contributed by atoms with Crippen LogP contribution in [0.4, 0.5) is 10.5 Å². The monoisotopic (exact) mass is 286 g/mol. The number of hydrogen-bond acceptors (Lipinski definition) is 3. The maximum absolute atomic E-state index is 11.7. The van der Waals surface area contributed by atoms with Crippen LogP contribution in [-0.4, -0.2) is 24.3 Å². The summed E-state index contributed by atoms with van der Waals surface area (Å²) in [5.41, 5.74) is 1.34. The molecule has 0 atom stereocenters. The number of nitrogens with one attached hydrogen (secondary N) is 2. The number of urea groups is 1. The average Bonchev–Trinajstić information content (AvgIpc) is 2.48. The van der Waals surface area contributed by atoms with Crippen molar-refractivity contribution in [2.45, 2.75) is 6.92 Å². The Morgan fingerprint density at radius 3 is 2.71 bits per heavy atom. The summed E-state index contributed by atoms with van der Waals surface area (Å²) in [6, 6.07) is 14.0. The lowest BCUT2D eigenvalue weighted by molar-refractivity contribution is 0.247. The zero-order valence-corrected chi connectivity index (χ0v) is 11.8. The number of phenolic OH excluding ortho intramolecular Hbond substituents is 1. The Hall–Kier alpha value is -2.69. The SMILES string of the molecule is Cc1ccc(O)c(NC(=O)NCCOc2ccccc2)c1. The molecular formula is C16H18N2O3. The van der Waals surface area contributed by atoms with Crippen LogP contribution in [0, 0.1) is 6.92 Å². The van der Waals surface area contributed by atoms with Crippen molar-refractivity contribution in [3.63, 3.8) is 0 Å². The number of aryl methyl sites for hydroxylation is 1. The van der Waals surface area contributed by atoms with Crippen molar-refractivity contribution in [3.8, 4) is 11.5 Å². The zero-order valence-electron chi connectivity index (χ0n) is 11.8. The summed E-state index contributed by atoms with van der Waals surface area (Å²) in [7, 11) is 0. The van der Waals surface area contributed by atoms with Gasteiger partial charge in [0, 0.05) is 0 Å². The Morgan fingerprint density at radius 2 is 1.95 bits per heavy atom. The summed E-state index contributed by atoms with van der Waals surface area (Å²) in [6.45, 7) is 2.63. The van der Waals surface area contributed by atoms with E-state index in [4.69, 9.17) is 4.74 Å². The summed E-state index contributed by atoms with van der Waals surface area (Å²) in [6.07, 6.45) is 0. The molecule has 5 nitrogen and oxygen atoms in total. The number of carbonyl (C=O) groups excluding carboxylic acids is 1. The highest BCUT2D eigenvalue weighted by atomic mass is 16.5. The van der Waals surface area contributed by atoms with E-state index in [1.807, 2.05) is 37.3 Å². The van der Waals surface area contributed by atoms with E-state index in [0.29, 0.717) is 18.8 Å². The standard InChI is InChI=1S/C16H18N2O3/c1-12-7-8-15(19)14(11-12)18-16(20)17-9-10-21-13-5-3-2-4-6-13/h2-8,11,19H,9-10H2,1H3,(H2,17,18,20). The van der Waals surface area contributed by atoms with Crippen molar-refractivity contribution in [3.05, 3.63) is 54.1 Å². The first-order valence-corrected chi connectivity index (χ1v) is 6.67. The molecule has 0 aliphatic rings. The van der Waals surface area contributed by atoms with Crippen molar-refractivity contribution in [1.82, 2.24) is 5.32 Å². The number of aromatic hydroxyl groups is 1. The van der Waals surface area contributed by atoms with E-state index in [9.17, 15) is 9.90 Å². The first-order chi connectivity index (χ1) is 10.1. The van der Waals surface area contributed by atoms with Gasteiger partial charge in [0.1, 0.15) is 18.1 Å². The fraction of sp³-hybridized carbons (Fsp3) is 0.188. The second kappa shape index (κ2) is 7.19. The molecule has 0 aliphatic heterocycles. The molecule has 0 aliphatic carbocycles. The Bertz CT molecular complexity index is 600. The fourth-order valence-corrected chi connectivity index (χ4v) is 1.77. The molecule has 3 N–H and O–H groups in total. The Labute approximate surface area is 123 Å². The number of anilines is 1. The van der Waals surface area contributed by atoms with E-state index >= 15 is 0 Å². The van der Waals surface area contributed by atoms with Crippen LogP contribution in [0.5, 0.6) is 11.5 Å². The topological polar surface area (TPSA) is 70.6 Å². The predicted octanol–water partition coefficient (Wildman–Crippen LogP) is 2.90. The Balaban J connectivity index is 1.74. The molecule has 0 saturated carbocycles. The molecule has 0 aromatic heterocycles. The number of phenols is 1. The lowest BCUT2D eigenvalue weighted by Crippen LogP contribution is -2.32. The highest BCUT2D eigenvalue weighted by Crippen LogP contribution is 2.23. The minimum atomic E-state index is -0.382. The Kier molecular flexibility index (Phi) is 5.04. The highest BCUT2D eigenvalue weighted by Gasteiger charge is 2.05. The van der Waals surface area contributed by atoms with E-state index in [0.717, 1.165) is 11.3 Å². The van der Waals surface area contributed by atoms with Gasteiger partial charge in [-0.3, -0.25) is 0 Å². The maximum Gasteiger partial charge on any atom is 0.319 e. The third kappa shape index (κ3) is 4.72. The van der Waals surface area contributed by atoms with E-state index in [1.165, 1.54) is 0 Å². The minimum absolute atomic E-state index is 0.0382. The molecule has 0 saturated heterocycles. The van der Waals surface area contributed by atoms with Gasteiger partial charge in [-0.05, 0) is 36.8 Å². The van der Waals surface area contributed by atoms with Crippen LogP contribution in [0.15, 0.2) is 48.5 Å². The lowest BCUT2D eigenvalue weighted by atomic mass is 10.2. The molecule has 2 amide bonds. The quantitative estimate of drug-likeness (QED) is 0.584. The maximum atomic E-state index is 11.7. The van der Waals surface area contributed by atoms with Crippen molar-refractivity contribution >= 4 is 11.7 Å². The molecule has 5 heteroatoms. The number of ether oxygens (including phenoxy) is 1. The third-order valence-corrected chi connectivity index (χ3v) is 2.80. The van der Waals surface area contributed by atoms with Crippen molar-refractivity contribution in [1.29, 1.82) is 0 Å². The molecule has 0 radical (unpaired) electrons. The number of carbonyl (C=O) groups is 1. The van der Waals surface area contributed by atoms with Crippen LogP contribution < -0.4 is 15.4 Å². The second-order valence-electron chi connectivity index (χ2n) is 4.56. The fourth-order valence-electron chi connectivity index (χ4n) is 1.77. The molecule has 0 fully saturated rings. The van der Waals surface area contributed by atoms with Gasteiger partial charge in [0.25, 0.3) is 0 Å². The molecule has 2 aromatic carbocycles. The molecular weight excluding hydrogens is 268 g/mol. The number of para-hydroxylation sites is 1. The average molecular weight is 286 g/mol. The number of amides is 2. The molecule has 110 valence electrons. The van der Waals surface area contributed by atoms with Crippen molar-refractivity contribution in [2.24, 2.45) is 0 Å². The normalized spacial score (nSPS) is 9.95. The van der Waals surface area contributed by atoms with Crippen LogP contribution in [-0.2, 0) is 0 Å². The molecule has 0 spiro atoms. The minimum Gasteiger partial charge on any atom is -0.506 e. The van der Waals surface area contributed by atoms with Crippen molar-refractivity contribution < 1.29 is 14.6 Å². The van der Waals surface area contributed by atoms with Gasteiger partial charge in [-0.25, -0.2) is 4.79 Å². The van der Waals surface area contributed by atoms with Gasteiger partial charge in [0.15, 0.2) is 0 Å². The molecule has 0 bridgehead atoms. The summed E-state index contributed by atoms with van der Waals surface area (Å²) in [5.74, 6) is 0.798. The first kappa shape index (κ1) is 14.7. The molecule has 21 heavy (non-hydrogen) atoms. The first-order valence-electron chi connectivity index (χ1n) is 6.67. The summed E-state index contributed by atoms with van der Waals surface area (Å²) in [4.78, 5) is 11.7. The Morgan fingerprint density at radius 1 is 1.19 bits per heavy atom. The smallest absolute Gasteiger partial charge is 0.319 e. The van der Waals surface area contributed by atoms with Gasteiger partial charge < -0.3 is 20.5 Å². The van der Waals surface area contributed by atoms with Crippen LogP contribution in [0.3, 0.4) is 0 Å². The summed E-state index contributed by atoms with van der Waals surface area (Å²) >= 11 is 0. The predicted molar refractivity (Wildman–Crippen MR) is 81.8 cm³/mol. The number of benzene rings is 2. The zero-order chi connectivity index (χ0) is 15.1. The van der Waals surface area contributed by atoms with Crippen molar-refractivity contribution in [2.75, 3.05) is 18.5 Å².